The SMILES string of the molecule is CC(NCc1cccc2ccccc12)c1cc(Br)cs1. The Bertz CT molecular complexity index is 714. The molecule has 0 spiro atoms. The molecule has 0 radical (unpaired) electrons. The fourth-order valence-electron chi connectivity index (χ4n) is 2.37. The van der Waals surface area contributed by atoms with Crippen LogP contribution < -0.4 is 5.32 Å². The zero-order chi connectivity index (χ0) is 13.9. The predicted octanol–water partition coefficient (Wildman–Crippen LogP) is 5.51. The maximum absolute atomic E-state index is 3.61. The van der Waals surface area contributed by atoms with Gasteiger partial charge in [0.05, 0.1) is 0 Å². The van der Waals surface area contributed by atoms with Gasteiger partial charge in [-0.15, -0.1) is 11.3 Å². The Balaban J connectivity index is 1.77. The highest BCUT2D eigenvalue weighted by Crippen LogP contribution is 2.26. The van der Waals surface area contributed by atoms with E-state index in [9.17, 15) is 0 Å². The number of rotatable bonds is 4. The maximum Gasteiger partial charge on any atom is 0.0389 e. The summed E-state index contributed by atoms with van der Waals surface area (Å²) in [5, 5.41) is 8.38. The van der Waals surface area contributed by atoms with E-state index in [1.807, 2.05) is 0 Å². The molecule has 1 unspecified atom stereocenters. The molecule has 1 N–H and O–H groups in total. The summed E-state index contributed by atoms with van der Waals surface area (Å²) in [5.41, 5.74) is 1.35. The van der Waals surface area contributed by atoms with Gasteiger partial charge in [-0.05, 0) is 45.3 Å². The molecule has 1 nitrogen and oxygen atoms in total. The largest absolute Gasteiger partial charge is 0.305 e. The van der Waals surface area contributed by atoms with Crippen LogP contribution in [-0.4, -0.2) is 0 Å². The van der Waals surface area contributed by atoms with E-state index >= 15 is 0 Å². The highest BCUT2D eigenvalue weighted by molar-refractivity contribution is 9.10. The van der Waals surface area contributed by atoms with E-state index in [1.54, 1.807) is 11.3 Å². The number of halogens is 1. The van der Waals surface area contributed by atoms with Crippen LogP contribution in [0.3, 0.4) is 0 Å². The van der Waals surface area contributed by atoms with Crippen LogP contribution in [0.1, 0.15) is 23.4 Å². The molecule has 0 fully saturated rings. The Morgan fingerprint density at radius 2 is 1.95 bits per heavy atom. The summed E-state index contributed by atoms with van der Waals surface area (Å²) < 4.78 is 1.16. The summed E-state index contributed by atoms with van der Waals surface area (Å²) >= 11 is 5.30. The molecule has 0 saturated heterocycles. The highest BCUT2D eigenvalue weighted by atomic mass is 79.9. The van der Waals surface area contributed by atoms with Crippen LogP contribution in [-0.2, 0) is 6.54 Å². The van der Waals surface area contributed by atoms with Crippen LogP contribution in [0.4, 0.5) is 0 Å². The van der Waals surface area contributed by atoms with Crippen LogP contribution >= 0.6 is 27.3 Å². The van der Waals surface area contributed by atoms with Gasteiger partial charge in [-0.1, -0.05) is 42.5 Å². The van der Waals surface area contributed by atoms with Crippen LogP contribution in [0.15, 0.2) is 58.4 Å². The van der Waals surface area contributed by atoms with Crippen molar-refractivity contribution >= 4 is 38.0 Å². The molecule has 0 saturated carbocycles. The van der Waals surface area contributed by atoms with Gasteiger partial charge in [-0.2, -0.15) is 0 Å². The third-order valence-electron chi connectivity index (χ3n) is 3.49. The lowest BCUT2D eigenvalue weighted by Crippen LogP contribution is -2.17. The van der Waals surface area contributed by atoms with Gasteiger partial charge in [-0.3, -0.25) is 0 Å². The molecule has 3 aromatic rings. The third-order valence-corrected chi connectivity index (χ3v) is 5.37. The molecule has 1 atom stereocenters. The van der Waals surface area contributed by atoms with Gasteiger partial charge >= 0.3 is 0 Å². The molecular formula is C17H16BrNS. The van der Waals surface area contributed by atoms with E-state index in [-0.39, 0.29) is 0 Å². The smallest absolute Gasteiger partial charge is 0.0389 e. The highest BCUT2D eigenvalue weighted by Gasteiger charge is 2.08. The summed E-state index contributed by atoms with van der Waals surface area (Å²) in [6.45, 7) is 3.10. The predicted molar refractivity (Wildman–Crippen MR) is 91.2 cm³/mol. The third kappa shape index (κ3) is 2.95. The Hall–Kier alpha value is -1.16. The average molecular weight is 346 g/mol. The van der Waals surface area contributed by atoms with Crippen molar-refractivity contribution in [2.75, 3.05) is 0 Å². The minimum Gasteiger partial charge on any atom is -0.305 e. The van der Waals surface area contributed by atoms with Gasteiger partial charge in [0.25, 0.3) is 0 Å². The summed E-state index contributed by atoms with van der Waals surface area (Å²) in [6, 6.07) is 17.6. The van der Waals surface area contributed by atoms with Gasteiger partial charge in [0.15, 0.2) is 0 Å². The number of hydrogen-bond donors (Lipinski definition) is 1. The number of benzene rings is 2. The molecule has 0 aliphatic rings. The Morgan fingerprint density at radius 1 is 1.15 bits per heavy atom. The summed E-state index contributed by atoms with van der Waals surface area (Å²) in [5.74, 6) is 0. The molecule has 3 heteroatoms. The summed E-state index contributed by atoms with van der Waals surface area (Å²) in [6.07, 6.45) is 0. The van der Waals surface area contributed by atoms with Gasteiger partial charge in [0.2, 0.25) is 0 Å². The zero-order valence-corrected chi connectivity index (χ0v) is 13.7. The first-order valence-corrected chi connectivity index (χ1v) is 8.35. The van der Waals surface area contributed by atoms with Crippen LogP contribution in [0.25, 0.3) is 10.8 Å². The van der Waals surface area contributed by atoms with Crippen LogP contribution in [0.2, 0.25) is 0 Å². The number of thiophene rings is 1. The summed E-state index contributed by atoms with van der Waals surface area (Å²) in [7, 11) is 0. The van der Waals surface area contributed by atoms with E-state index < -0.39 is 0 Å². The van der Waals surface area contributed by atoms with Crippen molar-refractivity contribution in [3.63, 3.8) is 0 Å². The van der Waals surface area contributed by atoms with Crippen molar-refractivity contribution in [1.29, 1.82) is 0 Å². The van der Waals surface area contributed by atoms with Crippen molar-refractivity contribution in [1.82, 2.24) is 5.32 Å². The van der Waals surface area contributed by atoms with E-state index in [4.69, 9.17) is 0 Å². The second-order valence-electron chi connectivity index (χ2n) is 4.91. The Kier molecular flexibility index (Phi) is 4.20. The first-order chi connectivity index (χ1) is 9.74. The van der Waals surface area contributed by atoms with Gasteiger partial charge in [0, 0.05) is 27.3 Å². The minimum atomic E-state index is 0.366. The molecule has 0 aliphatic carbocycles. The quantitative estimate of drug-likeness (QED) is 0.656. The zero-order valence-electron chi connectivity index (χ0n) is 11.3. The van der Waals surface area contributed by atoms with E-state index in [0.29, 0.717) is 6.04 Å². The lowest BCUT2D eigenvalue weighted by molar-refractivity contribution is 0.584. The van der Waals surface area contributed by atoms with Crippen molar-refractivity contribution < 1.29 is 0 Å². The molecule has 102 valence electrons. The maximum atomic E-state index is 3.61. The van der Waals surface area contributed by atoms with E-state index in [0.717, 1.165) is 11.0 Å². The standard InChI is InChI=1S/C17H16BrNS/c1-12(17-9-15(18)11-20-17)19-10-14-7-4-6-13-5-2-3-8-16(13)14/h2-9,11-12,19H,10H2,1H3. The Labute approximate surface area is 131 Å². The molecule has 0 amide bonds. The van der Waals surface area contributed by atoms with Crippen molar-refractivity contribution in [3.05, 3.63) is 68.8 Å². The van der Waals surface area contributed by atoms with Crippen molar-refractivity contribution in [2.24, 2.45) is 0 Å². The second kappa shape index (κ2) is 6.08. The first kappa shape index (κ1) is 13.8. The van der Waals surface area contributed by atoms with Gasteiger partial charge in [-0.25, -0.2) is 0 Å². The molecule has 3 rings (SSSR count). The molecule has 0 aliphatic heterocycles. The van der Waals surface area contributed by atoms with Gasteiger partial charge in [0.1, 0.15) is 0 Å². The van der Waals surface area contributed by atoms with Gasteiger partial charge < -0.3 is 5.32 Å². The normalized spacial score (nSPS) is 12.7. The summed E-state index contributed by atoms with van der Waals surface area (Å²) in [4.78, 5) is 1.36. The second-order valence-corrected chi connectivity index (χ2v) is 6.77. The number of nitrogens with one attached hydrogen (secondary N) is 1. The molecule has 1 aromatic heterocycles. The van der Waals surface area contributed by atoms with E-state index in [1.165, 1.54) is 21.2 Å². The number of hydrogen-bond acceptors (Lipinski definition) is 2. The van der Waals surface area contributed by atoms with Crippen LogP contribution in [0.5, 0.6) is 0 Å². The Morgan fingerprint density at radius 3 is 2.75 bits per heavy atom. The molecule has 1 heterocycles. The fraction of sp³-hybridized carbons (Fsp3) is 0.176. The molecular weight excluding hydrogens is 330 g/mol. The topological polar surface area (TPSA) is 12.0 Å². The lowest BCUT2D eigenvalue weighted by Gasteiger charge is -2.13. The monoisotopic (exact) mass is 345 g/mol. The lowest BCUT2D eigenvalue weighted by atomic mass is 10.0. The average Bonchev–Trinajstić information content (AvgIpc) is 2.91. The molecule has 20 heavy (non-hydrogen) atoms. The fourth-order valence-corrected chi connectivity index (χ4v) is 3.84. The number of fused-ring (bicyclic) bond motifs is 1. The van der Waals surface area contributed by atoms with Crippen molar-refractivity contribution in [3.8, 4) is 0 Å². The van der Waals surface area contributed by atoms with Crippen LogP contribution in [0, 0.1) is 0 Å². The van der Waals surface area contributed by atoms with E-state index in [2.05, 4.69) is 82.1 Å². The molecule has 2 aromatic carbocycles. The van der Waals surface area contributed by atoms with Crippen molar-refractivity contribution in [2.45, 2.75) is 19.5 Å². The first-order valence-electron chi connectivity index (χ1n) is 6.68. The minimum absolute atomic E-state index is 0.366. The molecule has 0 bridgehead atoms.